The van der Waals surface area contributed by atoms with E-state index in [0.717, 1.165) is 77.2 Å². The zero-order valence-corrected chi connectivity index (χ0v) is 26.7. The van der Waals surface area contributed by atoms with Crippen molar-refractivity contribution in [2.75, 3.05) is 0 Å². The Morgan fingerprint density at radius 2 is 1.10 bits per heavy atom. The van der Waals surface area contributed by atoms with Crippen LogP contribution in [0.2, 0.25) is 0 Å². The Morgan fingerprint density at radius 1 is 0.460 bits per heavy atom. The summed E-state index contributed by atoms with van der Waals surface area (Å²) in [5.74, 6) is 0. The van der Waals surface area contributed by atoms with Gasteiger partial charge in [-0.3, -0.25) is 0 Å². The predicted octanol–water partition coefficient (Wildman–Crippen LogP) is 12.2. The van der Waals surface area contributed by atoms with E-state index in [-0.39, 0.29) is 0 Å². The van der Waals surface area contributed by atoms with Crippen LogP contribution in [0.4, 0.5) is 11.4 Å². The van der Waals surface area contributed by atoms with Crippen LogP contribution in [0.5, 0.6) is 0 Å². The highest BCUT2D eigenvalue weighted by Crippen LogP contribution is 2.40. The second-order valence-corrected chi connectivity index (χ2v) is 12.3. The van der Waals surface area contributed by atoms with Gasteiger partial charge in [0.2, 0.25) is 0 Å². The monoisotopic (exact) mass is 635 g/mol. The van der Waals surface area contributed by atoms with E-state index >= 15 is 0 Å². The molecule has 0 amide bonds. The summed E-state index contributed by atoms with van der Waals surface area (Å²) in [7, 11) is 0. The van der Waals surface area contributed by atoms with Crippen molar-refractivity contribution < 1.29 is 0 Å². The fourth-order valence-corrected chi connectivity index (χ4v) is 7.29. The SMILES string of the molecule is [C-]#[N+]c1ccc(-c2ccc(-c3cccc(-n4c5ccccc5c5cc(C#N)ccc54)c3)cc2)c(-n2c3ccccc3c3ccc([N+]#[C-])cc32)c1. The molecule has 50 heavy (non-hydrogen) atoms. The molecule has 2 aromatic heterocycles. The predicted molar refractivity (Wildman–Crippen MR) is 203 cm³/mol. The minimum absolute atomic E-state index is 0.554. The van der Waals surface area contributed by atoms with Gasteiger partial charge in [-0.05, 0) is 71.3 Å². The molecule has 9 rings (SSSR count). The highest BCUT2D eigenvalue weighted by Gasteiger charge is 2.17. The summed E-state index contributed by atoms with van der Waals surface area (Å²) < 4.78 is 4.45. The molecule has 0 radical (unpaired) electrons. The Morgan fingerprint density at radius 3 is 1.86 bits per heavy atom. The number of aromatic nitrogens is 2. The standard InChI is InChI=1S/C45H25N5/c1-47-33-19-21-36(44(26-33)50-42-13-6-3-10-37(42)39-22-20-34(48-2)27-45(39)50)31-17-15-30(16-18-31)32-8-7-9-35(25-32)49-41-12-5-4-11-38(41)40-24-29(28-46)14-23-43(40)49/h3-27H. The van der Waals surface area contributed by atoms with Gasteiger partial charge in [-0.2, -0.15) is 5.26 Å². The maximum Gasteiger partial charge on any atom is 0.189 e. The van der Waals surface area contributed by atoms with E-state index in [2.05, 4.69) is 97.7 Å². The Bertz CT molecular complexity index is 2960. The lowest BCUT2D eigenvalue weighted by atomic mass is 9.98. The first-order valence-corrected chi connectivity index (χ1v) is 16.2. The number of fused-ring (bicyclic) bond motifs is 6. The van der Waals surface area contributed by atoms with E-state index in [0.29, 0.717) is 16.9 Å². The van der Waals surface area contributed by atoms with Gasteiger partial charge in [-0.1, -0.05) is 97.1 Å². The lowest BCUT2D eigenvalue weighted by Gasteiger charge is -2.16. The summed E-state index contributed by atoms with van der Waals surface area (Å²) in [6.45, 7) is 15.5. The Hall–Kier alpha value is -7.39. The molecule has 5 nitrogen and oxygen atoms in total. The first kappa shape index (κ1) is 28.8. The van der Waals surface area contributed by atoms with Gasteiger partial charge in [0.25, 0.3) is 0 Å². The van der Waals surface area contributed by atoms with Crippen LogP contribution in [-0.4, -0.2) is 9.13 Å². The maximum absolute atomic E-state index is 9.56. The molecule has 0 aliphatic rings. The average Bonchev–Trinajstić information content (AvgIpc) is 3.69. The summed E-state index contributed by atoms with van der Waals surface area (Å²) >= 11 is 0. The molecule has 0 saturated carbocycles. The molecule has 9 aromatic rings. The Balaban J connectivity index is 1.17. The van der Waals surface area contributed by atoms with Crippen LogP contribution < -0.4 is 0 Å². The van der Waals surface area contributed by atoms with Gasteiger partial charge in [0, 0.05) is 44.0 Å². The van der Waals surface area contributed by atoms with Crippen molar-refractivity contribution in [3.8, 4) is 39.7 Å². The number of hydrogen-bond acceptors (Lipinski definition) is 1. The van der Waals surface area contributed by atoms with Crippen molar-refractivity contribution in [2.45, 2.75) is 0 Å². The number of nitriles is 1. The molecule has 0 atom stereocenters. The van der Waals surface area contributed by atoms with E-state index < -0.39 is 0 Å². The van der Waals surface area contributed by atoms with Crippen LogP contribution in [0.3, 0.4) is 0 Å². The van der Waals surface area contributed by atoms with Gasteiger partial charge in [0.1, 0.15) is 0 Å². The van der Waals surface area contributed by atoms with Crippen molar-refractivity contribution in [1.82, 2.24) is 9.13 Å². The molecule has 0 bridgehead atoms. The van der Waals surface area contributed by atoms with Crippen LogP contribution in [-0.2, 0) is 0 Å². The van der Waals surface area contributed by atoms with Crippen molar-refractivity contribution >= 4 is 55.0 Å². The first-order valence-electron chi connectivity index (χ1n) is 16.2. The second-order valence-electron chi connectivity index (χ2n) is 12.3. The molecular weight excluding hydrogens is 611 g/mol. The summed E-state index contributed by atoms with van der Waals surface area (Å²) in [5.41, 5.74) is 12.0. The molecule has 0 fully saturated rings. The third-order valence-corrected chi connectivity index (χ3v) is 9.57. The molecule has 0 spiro atoms. The summed E-state index contributed by atoms with van der Waals surface area (Å²) in [5, 5.41) is 13.9. The number of nitrogens with zero attached hydrogens (tertiary/aromatic N) is 5. The van der Waals surface area contributed by atoms with Crippen molar-refractivity contribution in [1.29, 1.82) is 5.26 Å². The average molecular weight is 636 g/mol. The molecule has 0 saturated heterocycles. The topological polar surface area (TPSA) is 42.4 Å². The maximum atomic E-state index is 9.56. The molecule has 0 unspecified atom stereocenters. The molecule has 230 valence electrons. The highest BCUT2D eigenvalue weighted by molar-refractivity contribution is 6.11. The molecule has 2 heterocycles. The third kappa shape index (κ3) is 4.45. The van der Waals surface area contributed by atoms with Gasteiger partial charge in [-0.25, -0.2) is 9.69 Å². The lowest BCUT2D eigenvalue weighted by molar-refractivity contribution is 1.18. The number of para-hydroxylation sites is 2. The zero-order valence-electron chi connectivity index (χ0n) is 26.7. The van der Waals surface area contributed by atoms with Gasteiger partial charge >= 0.3 is 0 Å². The summed E-state index contributed by atoms with van der Waals surface area (Å²) in [6.07, 6.45) is 0. The van der Waals surface area contributed by atoms with E-state index in [4.69, 9.17) is 13.1 Å². The minimum atomic E-state index is 0.554. The van der Waals surface area contributed by atoms with Gasteiger partial charge in [-0.15, -0.1) is 0 Å². The van der Waals surface area contributed by atoms with Gasteiger partial charge in [0.05, 0.1) is 41.3 Å². The van der Waals surface area contributed by atoms with Crippen LogP contribution in [0.15, 0.2) is 152 Å². The minimum Gasteiger partial charge on any atom is -0.311 e. The fourth-order valence-electron chi connectivity index (χ4n) is 7.29. The Kier molecular flexibility index (Phi) is 6.56. The highest BCUT2D eigenvalue weighted by atomic mass is 15.0. The van der Waals surface area contributed by atoms with E-state index in [9.17, 15) is 5.26 Å². The van der Waals surface area contributed by atoms with E-state index in [1.807, 2.05) is 78.9 Å². The van der Waals surface area contributed by atoms with E-state index in [1.165, 1.54) is 0 Å². The van der Waals surface area contributed by atoms with Crippen LogP contribution >= 0.6 is 0 Å². The molecule has 5 heteroatoms. The second kappa shape index (κ2) is 11.4. The molecular formula is C45H25N5. The smallest absolute Gasteiger partial charge is 0.189 e. The summed E-state index contributed by atoms with van der Waals surface area (Å²) in [4.78, 5) is 7.48. The normalized spacial score (nSPS) is 11.1. The largest absolute Gasteiger partial charge is 0.311 e. The number of benzene rings is 7. The summed E-state index contributed by atoms with van der Waals surface area (Å²) in [6, 6.07) is 53.5. The van der Waals surface area contributed by atoms with Crippen LogP contribution in [0, 0.1) is 24.5 Å². The number of hydrogen-bond donors (Lipinski definition) is 0. The Labute approximate surface area is 288 Å². The van der Waals surface area contributed by atoms with Gasteiger partial charge < -0.3 is 9.13 Å². The fraction of sp³-hybridized carbons (Fsp3) is 0. The lowest BCUT2D eigenvalue weighted by Crippen LogP contribution is -1.97. The van der Waals surface area contributed by atoms with Gasteiger partial charge in [0.15, 0.2) is 11.4 Å². The van der Waals surface area contributed by atoms with Crippen molar-refractivity contribution in [2.24, 2.45) is 0 Å². The molecule has 7 aromatic carbocycles. The first-order chi connectivity index (χ1) is 24.6. The zero-order chi connectivity index (χ0) is 33.8. The van der Waals surface area contributed by atoms with E-state index in [1.54, 1.807) is 0 Å². The molecule has 0 N–H and O–H groups in total. The molecule has 0 aliphatic carbocycles. The quantitative estimate of drug-likeness (QED) is 0.177. The number of rotatable bonds is 4. The molecule has 0 aliphatic heterocycles. The third-order valence-electron chi connectivity index (χ3n) is 9.57. The van der Waals surface area contributed by atoms with Crippen LogP contribution in [0.1, 0.15) is 5.56 Å². The van der Waals surface area contributed by atoms with Crippen LogP contribution in [0.25, 0.3) is 86.9 Å². The van der Waals surface area contributed by atoms with Crippen molar-refractivity contribution in [3.63, 3.8) is 0 Å². The van der Waals surface area contributed by atoms with Crippen molar-refractivity contribution in [3.05, 3.63) is 180 Å².